The van der Waals surface area contributed by atoms with Crippen LogP contribution in [-0.2, 0) is 0 Å². The number of rotatable bonds is 4. The minimum absolute atomic E-state index is 0.00489. The number of Topliss-reactive ketones (excluding diaryl/α,β-unsaturated/α-hetero) is 1. The van der Waals surface area contributed by atoms with Gasteiger partial charge in [0, 0.05) is 29.3 Å². The van der Waals surface area contributed by atoms with Crippen LogP contribution in [0.2, 0.25) is 5.02 Å². The van der Waals surface area contributed by atoms with Gasteiger partial charge in [-0.1, -0.05) is 54.1 Å². The van der Waals surface area contributed by atoms with E-state index in [1.165, 1.54) is 37.3 Å². The maximum atomic E-state index is 12.6. The number of carbonyl (C=O) groups excluding carboxylic acids is 1. The summed E-state index contributed by atoms with van der Waals surface area (Å²) < 4.78 is 0. The lowest BCUT2D eigenvalue weighted by molar-refractivity contribution is -0.635. The Morgan fingerprint density at radius 2 is 1.75 bits per heavy atom. The highest BCUT2D eigenvalue weighted by Gasteiger charge is 2.18. The number of halogens is 1. The third-order valence-electron chi connectivity index (χ3n) is 4.31. The molecule has 1 saturated heterocycles. The minimum Gasteiger partial charge on any atom is -0.763 e. The van der Waals surface area contributed by atoms with Crippen molar-refractivity contribution in [2.45, 2.75) is 12.8 Å². The molecule has 0 amide bonds. The fourth-order valence-corrected chi connectivity index (χ4v) is 3.87. The highest BCUT2D eigenvalue weighted by Crippen LogP contribution is 2.28. The molecule has 1 fully saturated rings. The van der Waals surface area contributed by atoms with Crippen molar-refractivity contribution in [2.75, 3.05) is 13.1 Å². The maximum Gasteiger partial charge on any atom is 0.203 e. The second kappa shape index (κ2) is 10.1. The zero-order valence-electron chi connectivity index (χ0n) is 15.3. The van der Waals surface area contributed by atoms with Crippen LogP contribution in [-0.4, -0.2) is 29.7 Å². The van der Waals surface area contributed by atoms with E-state index in [2.05, 4.69) is 10.3 Å². The molecule has 0 atom stereocenters. The first-order valence-electron chi connectivity index (χ1n) is 9.10. The van der Waals surface area contributed by atoms with E-state index in [4.69, 9.17) is 11.6 Å². The van der Waals surface area contributed by atoms with Crippen LogP contribution in [0.1, 0.15) is 28.2 Å². The smallest absolute Gasteiger partial charge is 0.203 e. The van der Waals surface area contributed by atoms with Gasteiger partial charge in [0.15, 0.2) is 0 Å². The number of ketones is 1. The number of benzene rings is 2. The van der Waals surface area contributed by atoms with E-state index in [-0.39, 0.29) is 5.57 Å². The van der Waals surface area contributed by atoms with Crippen LogP contribution in [0.25, 0.3) is 22.2 Å². The summed E-state index contributed by atoms with van der Waals surface area (Å²) in [6, 6.07) is 16.3. The van der Waals surface area contributed by atoms with Crippen LogP contribution in [0.15, 0.2) is 60.0 Å². The van der Waals surface area contributed by atoms with Gasteiger partial charge in [0.1, 0.15) is 5.01 Å². The largest absolute Gasteiger partial charge is 0.763 e. The summed E-state index contributed by atoms with van der Waals surface area (Å²) in [7, 11) is 0. The standard InChI is InChI=1S/C18H10ClN2OS.C4H9N/c19-15-9-5-4-8-13(15)17(22)14(10-20)18-21-16(11-23-18)12-6-2-1-3-7-12;1-2-4-5-3-1/h1-9,11H;5H,1-4H2/q-1;/p+1. The lowest BCUT2D eigenvalue weighted by Gasteiger charge is -2.04. The molecule has 6 heteroatoms. The Hall–Kier alpha value is -2.56. The molecule has 0 bridgehead atoms. The zero-order chi connectivity index (χ0) is 19.8. The molecule has 2 N–H and O–H groups in total. The van der Waals surface area contributed by atoms with E-state index in [1.807, 2.05) is 41.6 Å². The maximum absolute atomic E-state index is 12.6. The van der Waals surface area contributed by atoms with Gasteiger partial charge in [0.25, 0.3) is 0 Å². The average molecular weight is 410 g/mol. The van der Waals surface area contributed by atoms with Crippen molar-refractivity contribution in [3.63, 3.8) is 0 Å². The van der Waals surface area contributed by atoms with Crippen LogP contribution >= 0.6 is 22.9 Å². The second-order valence-corrected chi connectivity index (χ2v) is 7.54. The molecule has 142 valence electrons. The summed E-state index contributed by atoms with van der Waals surface area (Å²) in [6.45, 7) is 2.75. The van der Waals surface area contributed by atoms with Gasteiger partial charge in [-0.05, 0) is 12.1 Å². The summed E-state index contributed by atoms with van der Waals surface area (Å²) in [5, 5.41) is 14.3. The SMILES string of the molecule is C1CC[NH2+]C1.[N-]=C=C(C(=O)c1ccccc1Cl)c1nc(-c2ccccc2)cs1. The number of quaternary nitrogens is 1. The summed E-state index contributed by atoms with van der Waals surface area (Å²) in [4.78, 5) is 17.0. The van der Waals surface area contributed by atoms with Crippen LogP contribution in [0.5, 0.6) is 0 Å². The van der Waals surface area contributed by atoms with Gasteiger partial charge in [-0.3, -0.25) is 10.7 Å². The van der Waals surface area contributed by atoms with Gasteiger partial charge in [-0.2, -0.15) is 0 Å². The van der Waals surface area contributed by atoms with Crippen molar-refractivity contribution in [2.24, 2.45) is 0 Å². The molecule has 4 nitrogen and oxygen atoms in total. The van der Waals surface area contributed by atoms with Crippen molar-refractivity contribution in [1.29, 1.82) is 0 Å². The van der Waals surface area contributed by atoms with Crippen LogP contribution in [0, 0.1) is 0 Å². The third-order valence-corrected chi connectivity index (χ3v) is 5.50. The Morgan fingerprint density at radius 3 is 2.36 bits per heavy atom. The van der Waals surface area contributed by atoms with Crippen molar-refractivity contribution in [3.05, 3.63) is 81.0 Å². The molecule has 1 aliphatic rings. The number of carbonyl (C=O) groups is 1. The van der Waals surface area contributed by atoms with E-state index in [1.54, 1.807) is 24.3 Å². The van der Waals surface area contributed by atoms with Crippen LogP contribution in [0.3, 0.4) is 0 Å². The van der Waals surface area contributed by atoms with Gasteiger partial charge in [0.2, 0.25) is 5.78 Å². The Labute approximate surface area is 173 Å². The quantitative estimate of drug-likeness (QED) is 0.396. The van der Waals surface area contributed by atoms with Crippen LogP contribution < -0.4 is 5.32 Å². The highest BCUT2D eigenvalue weighted by atomic mass is 35.5. The Balaban J connectivity index is 0.000000391. The first kappa shape index (κ1) is 20.2. The normalized spacial score (nSPS) is 12.6. The minimum atomic E-state index is -0.410. The van der Waals surface area contributed by atoms with Gasteiger partial charge in [0.05, 0.1) is 29.4 Å². The summed E-state index contributed by atoms with van der Waals surface area (Å²) >= 11 is 7.32. The molecular weight excluding hydrogens is 390 g/mol. The zero-order valence-corrected chi connectivity index (χ0v) is 16.8. The van der Waals surface area contributed by atoms with Crippen molar-refractivity contribution in [1.82, 2.24) is 4.98 Å². The first-order chi connectivity index (χ1) is 13.7. The van der Waals surface area contributed by atoms with E-state index in [0.29, 0.717) is 15.6 Å². The fraction of sp³-hybridized carbons (Fsp3) is 0.182. The predicted molar refractivity (Wildman–Crippen MR) is 116 cm³/mol. The molecule has 0 unspecified atom stereocenters. The molecule has 0 radical (unpaired) electrons. The number of nitrogens with two attached hydrogens (primary N) is 1. The molecule has 0 spiro atoms. The number of aromatic nitrogens is 1. The molecule has 2 heterocycles. The number of hydrogen-bond acceptors (Lipinski definition) is 3. The summed E-state index contributed by atoms with van der Waals surface area (Å²) in [6.07, 6.45) is 2.89. The summed E-state index contributed by atoms with van der Waals surface area (Å²) in [5.74, 6) is 1.55. The van der Waals surface area contributed by atoms with Crippen molar-refractivity contribution in [3.8, 4) is 11.3 Å². The molecule has 4 rings (SSSR count). The molecule has 0 aliphatic carbocycles. The van der Waals surface area contributed by atoms with E-state index in [9.17, 15) is 10.2 Å². The number of hydrogen-bond donors (Lipinski definition) is 1. The highest BCUT2D eigenvalue weighted by molar-refractivity contribution is 7.11. The van der Waals surface area contributed by atoms with Gasteiger partial charge < -0.3 is 10.7 Å². The Bertz CT molecular complexity index is 982. The lowest BCUT2D eigenvalue weighted by atomic mass is 10.0. The van der Waals surface area contributed by atoms with E-state index in [0.717, 1.165) is 11.3 Å². The Morgan fingerprint density at radius 1 is 1.07 bits per heavy atom. The lowest BCUT2D eigenvalue weighted by Crippen LogP contribution is -2.80. The average Bonchev–Trinajstić information content (AvgIpc) is 3.45. The number of thiazole rings is 1. The van der Waals surface area contributed by atoms with Gasteiger partial charge >= 0.3 is 0 Å². The van der Waals surface area contributed by atoms with Crippen molar-refractivity contribution < 1.29 is 10.1 Å². The molecular formula is C22H20ClN3OS. The van der Waals surface area contributed by atoms with Crippen LogP contribution in [0.4, 0.5) is 0 Å². The Kier molecular flexibility index (Phi) is 7.29. The molecule has 3 aromatic rings. The molecule has 28 heavy (non-hydrogen) atoms. The second-order valence-electron chi connectivity index (χ2n) is 6.27. The monoisotopic (exact) mass is 409 g/mol. The first-order valence-corrected chi connectivity index (χ1v) is 10.4. The molecule has 1 aromatic heterocycles. The molecule has 0 saturated carbocycles. The molecule has 1 aliphatic heterocycles. The topological polar surface area (TPSA) is 68.9 Å². The van der Waals surface area contributed by atoms with E-state index >= 15 is 0 Å². The third kappa shape index (κ3) is 5.03. The fourth-order valence-electron chi connectivity index (χ4n) is 2.83. The van der Waals surface area contributed by atoms with Crippen molar-refractivity contribution >= 4 is 40.2 Å². The predicted octanol–water partition coefficient (Wildman–Crippen LogP) is 4.31. The number of allylic oxidation sites excluding steroid dienone is 1. The van der Waals surface area contributed by atoms with Gasteiger partial charge in [-0.25, -0.2) is 4.98 Å². The molecule has 2 aromatic carbocycles. The van der Waals surface area contributed by atoms with Gasteiger partial charge in [-0.15, -0.1) is 11.3 Å². The number of nitrogens with zero attached hydrogens (tertiary/aromatic N) is 2. The van der Waals surface area contributed by atoms with E-state index < -0.39 is 5.78 Å². The summed E-state index contributed by atoms with van der Waals surface area (Å²) in [5.41, 5.74) is 2.00.